The van der Waals surface area contributed by atoms with Crippen molar-refractivity contribution in [3.8, 4) is 11.5 Å². The molecule has 0 amide bonds. The van der Waals surface area contributed by atoms with E-state index in [9.17, 15) is 20.4 Å². The van der Waals surface area contributed by atoms with Gasteiger partial charge in [-0.25, -0.2) is 15.0 Å². The van der Waals surface area contributed by atoms with Crippen molar-refractivity contribution < 1.29 is 29.9 Å². The van der Waals surface area contributed by atoms with Crippen molar-refractivity contribution in [1.82, 2.24) is 19.5 Å². The summed E-state index contributed by atoms with van der Waals surface area (Å²) in [4.78, 5) is 12.1. The van der Waals surface area contributed by atoms with Crippen LogP contribution in [0.15, 0.2) is 30.9 Å². The smallest absolute Gasteiger partial charge is 0.167 e. The number of ether oxygens (including phenoxy) is 2. The van der Waals surface area contributed by atoms with Crippen molar-refractivity contribution in [2.45, 2.75) is 31.1 Å². The van der Waals surface area contributed by atoms with E-state index in [1.165, 1.54) is 29.4 Å². The Morgan fingerprint density at radius 1 is 1.11 bits per heavy atom. The molecule has 1 aromatic carbocycles. The van der Waals surface area contributed by atoms with E-state index >= 15 is 0 Å². The van der Waals surface area contributed by atoms with Crippen LogP contribution in [0.1, 0.15) is 11.8 Å². The molecule has 0 unspecified atom stereocenters. The molecule has 11 heteroatoms. The number of benzene rings is 1. The SMILES string of the molecule is Nc1ncnc2c1ncn2[C@@H]1O[C@H](COCc2ccc(O)c(O)c2)[C@@H](O)[C@H]1O. The zero-order valence-electron chi connectivity index (χ0n) is 14.6. The van der Waals surface area contributed by atoms with E-state index in [1.807, 2.05) is 0 Å². The number of aromatic hydroxyl groups is 2. The number of rotatable bonds is 5. The molecule has 2 aromatic heterocycles. The van der Waals surface area contributed by atoms with Gasteiger partial charge in [0.1, 0.15) is 30.2 Å². The summed E-state index contributed by atoms with van der Waals surface area (Å²) in [7, 11) is 0. The van der Waals surface area contributed by atoms with Crippen molar-refractivity contribution in [2.24, 2.45) is 0 Å². The summed E-state index contributed by atoms with van der Waals surface area (Å²) in [6.45, 7) is 0.124. The summed E-state index contributed by atoms with van der Waals surface area (Å²) in [6.07, 6.45) is -1.42. The van der Waals surface area contributed by atoms with E-state index in [1.54, 1.807) is 6.07 Å². The molecule has 11 nitrogen and oxygen atoms in total. The van der Waals surface area contributed by atoms with Crippen LogP contribution in [0, 0.1) is 0 Å². The van der Waals surface area contributed by atoms with Gasteiger partial charge in [-0.05, 0) is 17.7 Å². The third-order valence-corrected chi connectivity index (χ3v) is 4.59. The lowest BCUT2D eigenvalue weighted by Gasteiger charge is -2.16. The summed E-state index contributed by atoms with van der Waals surface area (Å²) in [5.74, 6) is -0.267. The molecule has 28 heavy (non-hydrogen) atoms. The van der Waals surface area contributed by atoms with Crippen molar-refractivity contribution in [2.75, 3.05) is 12.3 Å². The molecular formula is C17H19N5O6. The van der Waals surface area contributed by atoms with Gasteiger partial charge >= 0.3 is 0 Å². The second kappa shape index (κ2) is 7.20. The molecule has 3 aromatic rings. The van der Waals surface area contributed by atoms with Crippen LogP contribution in [-0.2, 0) is 16.1 Å². The molecule has 1 aliphatic rings. The highest BCUT2D eigenvalue weighted by atomic mass is 16.6. The monoisotopic (exact) mass is 389 g/mol. The molecule has 0 spiro atoms. The van der Waals surface area contributed by atoms with Gasteiger partial charge in [-0.1, -0.05) is 6.07 Å². The number of nitrogens with two attached hydrogens (primary N) is 1. The van der Waals surface area contributed by atoms with Crippen LogP contribution in [0.2, 0.25) is 0 Å². The molecule has 4 atom stereocenters. The van der Waals surface area contributed by atoms with Crippen LogP contribution in [0.3, 0.4) is 0 Å². The number of nitrogen functional groups attached to an aromatic ring is 1. The van der Waals surface area contributed by atoms with E-state index in [-0.39, 0.29) is 30.5 Å². The third-order valence-electron chi connectivity index (χ3n) is 4.59. The number of aliphatic hydroxyl groups is 2. The molecule has 6 N–H and O–H groups in total. The molecule has 148 valence electrons. The zero-order valence-corrected chi connectivity index (χ0v) is 14.6. The van der Waals surface area contributed by atoms with Crippen LogP contribution >= 0.6 is 0 Å². The molecule has 0 radical (unpaired) electrons. The maximum atomic E-state index is 10.4. The summed E-state index contributed by atoms with van der Waals surface area (Å²) < 4.78 is 12.8. The van der Waals surface area contributed by atoms with Gasteiger partial charge in [0, 0.05) is 0 Å². The Labute approximate surface area is 158 Å². The molecular weight excluding hydrogens is 370 g/mol. The summed E-state index contributed by atoms with van der Waals surface area (Å²) in [5.41, 5.74) is 7.15. The summed E-state index contributed by atoms with van der Waals surface area (Å²) >= 11 is 0. The summed E-state index contributed by atoms with van der Waals surface area (Å²) in [5, 5.41) is 39.5. The van der Waals surface area contributed by atoms with Crippen molar-refractivity contribution in [1.29, 1.82) is 0 Å². The topological polar surface area (TPSA) is 169 Å². The van der Waals surface area contributed by atoms with Crippen molar-refractivity contribution >= 4 is 17.0 Å². The fraction of sp³-hybridized carbons (Fsp3) is 0.353. The number of aromatic nitrogens is 4. The number of hydrogen-bond donors (Lipinski definition) is 5. The second-order valence-electron chi connectivity index (χ2n) is 6.47. The van der Waals surface area contributed by atoms with Gasteiger partial charge < -0.3 is 35.6 Å². The second-order valence-corrected chi connectivity index (χ2v) is 6.47. The zero-order chi connectivity index (χ0) is 19.8. The fourth-order valence-corrected chi connectivity index (χ4v) is 3.10. The van der Waals surface area contributed by atoms with Crippen molar-refractivity contribution in [3.05, 3.63) is 36.4 Å². The number of anilines is 1. The Hall–Kier alpha value is -2.99. The molecule has 0 aliphatic carbocycles. The van der Waals surface area contributed by atoms with Crippen LogP contribution < -0.4 is 5.73 Å². The number of phenols is 2. The first-order valence-electron chi connectivity index (χ1n) is 8.49. The van der Waals surface area contributed by atoms with Crippen molar-refractivity contribution in [3.63, 3.8) is 0 Å². The predicted molar refractivity (Wildman–Crippen MR) is 95.1 cm³/mol. The number of nitrogens with zero attached hydrogens (tertiary/aromatic N) is 4. The largest absolute Gasteiger partial charge is 0.504 e. The van der Waals surface area contributed by atoms with E-state index < -0.39 is 24.5 Å². The number of hydrogen-bond acceptors (Lipinski definition) is 10. The Morgan fingerprint density at radius 2 is 1.93 bits per heavy atom. The van der Waals surface area contributed by atoms with Gasteiger partial charge in [0.2, 0.25) is 0 Å². The van der Waals surface area contributed by atoms with Crippen LogP contribution in [-0.4, -0.2) is 64.9 Å². The molecule has 1 aliphatic heterocycles. The first-order chi connectivity index (χ1) is 13.5. The number of fused-ring (bicyclic) bond motifs is 1. The predicted octanol–water partition coefficient (Wildman–Crippen LogP) is -0.344. The van der Waals surface area contributed by atoms with Crippen LogP contribution in [0.4, 0.5) is 5.82 Å². The quantitative estimate of drug-likeness (QED) is 0.364. The molecule has 0 saturated carbocycles. The Bertz CT molecular complexity index is 995. The highest BCUT2D eigenvalue weighted by molar-refractivity contribution is 5.81. The first-order valence-corrected chi connectivity index (χ1v) is 8.49. The summed E-state index contributed by atoms with van der Waals surface area (Å²) in [6, 6.07) is 4.33. The Balaban J connectivity index is 1.44. The van der Waals surface area contributed by atoms with E-state index in [2.05, 4.69) is 15.0 Å². The van der Waals surface area contributed by atoms with E-state index in [4.69, 9.17) is 15.2 Å². The Morgan fingerprint density at radius 3 is 2.71 bits per heavy atom. The average Bonchev–Trinajstić information content (AvgIpc) is 3.22. The van der Waals surface area contributed by atoms with Crippen LogP contribution in [0.25, 0.3) is 11.2 Å². The van der Waals surface area contributed by atoms with Gasteiger partial charge in [0.05, 0.1) is 19.5 Å². The molecule has 0 bridgehead atoms. The lowest BCUT2D eigenvalue weighted by molar-refractivity contribution is -0.0682. The average molecular weight is 389 g/mol. The lowest BCUT2D eigenvalue weighted by atomic mass is 10.1. The minimum absolute atomic E-state index is 0.000117. The Kier molecular flexibility index (Phi) is 4.73. The highest BCUT2D eigenvalue weighted by Crippen LogP contribution is 2.32. The number of aliphatic hydroxyl groups excluding tert-OH is 2. The van der Waals surface area contributed by atoms with Gasteiger partial charge in [0.25, 0.3) is 0 Å². The first kappa shape index (κ1) is 18.4. The third kappa shape index (κ3) is 3.20. The maximum absolute atomic E-state index is 10.4. The normalized spacial score (nSPS) is 24.8. The van der Waals surface area contributed by atoms with Gasteiger partial charge in [0.15, 0.2) is 29.2 Å². The number of phenolic OH excluding ortho intramolecular Hbond substituents is 2. The molecule has 1 saturated heterocycles. The maximum Gasteiger partial charge on any atom is 0.167 e. The standard InChI is InChI=1S/C17H19N5O6/c18-15-12-16(20-6-19-15)22(7-21-12)17-14(26)13(25)11(28-17)5-27-4-8-1-2-9(23)10(24)3-8/h1-3,6-7,11,13-14,17,23-26H,4-5H2,(H2,18,19,20)/t11-,13-,14-,17-/m1/s1. The molecule has 3 heterocycles. The molecule has 1 fully saturated rings. The fourth-order valence-electron chi connectivity index (χ4n) is 3.10. The number of imidazole rings is 1. The van der Waals surface area contributed by atoms with Crippen LogP contribution in [0.5, 0.6) is 11.5 Å². The van der Waals surface area contributed by atoms with Gasteiger partial charge in [-0.3, -0.25) is 4.57 Å². The van der Waals surface area contributed by atoms with Gasteiger partial charge in [-0.15, -0.1) is 0 Å². The lowest BCUT2D eigenvalue weighted by Crippen LogP contribution is -2.33. The van der Waals surface area contributed by atoms with Gasteiger partial charge in [-0.2, -0.15) is 0 Å². The minimum Gasteiger partial charge on any atom is -0.504 e. The highest BCUT2D eigenvalue weighted by Gasteiger charge is 2.44. The molecule has 4 rings (SSSR count). The minimum atomic E-state index is -1.22. The van der Waals surface area contributed by atoms with E-state index in [0.29, 0.717) is 16.7 Å². The van der Waals surface area contributed by atoms with E-state index in [0.717, 1.165) is 0 Å².